The molecule has 0 atom stereocenters. The molecule has 2 aromatic heterocycles. The smallest absolute Gasteiger partial charge is 0.258 e. The molecule has 0 saturated heterocycles. The standard InChI is InChI=1S/C28H30N4O3/c1-4-31-25-8-6-5-7-22(25)23-18-21(10-12-26(23)31)32(14-16-35-3)28(33)20-9-11-27-24(17-20)29-19-30(27)13-15-34-2/h5-12,17-19H,4,13-16H2,1-3H3. The van der Waals surface area contributed by atoms with Crippen LogP contribution in [0.2, 0.25) is 0 Å². The minimum absolute atomic E-state index is 0.0750. The molecular formula is C28H30N4O3. The molecule has 2 heterocycles. The Morgan fingerprint density at radius 2 is 1.69 bits per heavy atom. The van der Waals surface area contributed by atoms with Gasteiger partial charge in [-0.05, 0) is 49.4 Å². The number of ether oxygens (including phenoxy) is 2. The third-order valence-corrected chi connectivity index (χ3v) is 6.55. The van der Waals surface area contributed by atoms with E-state index >= 15 is 0 Å². The molecule has 0 aliphatic rings. The van der Waals surface area contributed by atoms with Crippen molar-refractivity contribution in [3.63, 3.8) is 0 Å². The number of amides is 1. The zero-order valence-electron chi connectivity index (χ0n) is 20.4. The molecule has 7 heteroatoms. The number of nitrogens with zero attached hydrogens (tertiary/aromatic N) is 4. The maximum Gasteiger partial charge on any atom is 0.258 e. The summed E-state index contributed by atoms with van der Waals surface area (Å²) in [7, 11) is 3.33. The van der Waals surface area contributed by atoms with Crippen molar-refractivity contribution in [1.82, 2.24) is 14.1 Å². The zero-order chi connectivity index (χ0) is 24.4. The summed E-state index contributed by atoms with van der Waals surface area (Å²) in [5, 5.41) is 2.33. The van der Waals surface area contributed by atoms with Crippen LogP contribution in [0.1, 0.15) is 17.3 Å². The Balaban J connectivity index is 1.55. The number of aryl methyl sites for hydroxylation is 1. The van der Waals surface area contributed by atoms with E-state index < -0.39 is 0 Å². The van der Waals surface area contributed by atoms with Gasteiger partial charge in [0.2, 0.25) is 0 Å². The van der Waals surface area contributed by atoms with Crippen LogP contribution in [-0.4, -0.2) is 54.0 Å². The van der Waals surface area contributed by atoms with Crippen molar-refractivity contribution in [3.05, 3.63) is 72.6 Å². The SMILES string of the molecule is CCn1c2ccccc2c2cc(N(CCOC)C(=O)c3ccc4c(c3)ncn4CCOC)ccc21. The van der Waals surface area contributed by atoms with Crippen molar-refractivity contribution in [2.24, 2.45) is 0 Å². The van der Waals surface area contributed by atoms with Gasteiger partial charge in [-0.3, -0.25) is 4.79 Å². The molecule has 0 fully saturated rings. The van der Waals surface area contributed by atoms with Crippen molar-refractivity contribution < 1.29 is 14.3 Å². The highest BCUT2D eigenvalue weighted by Crippen LogP contribution is 2.32. The number of aromatic nitrogens is 3. The number of benzene rings is 3. The van der Waals surface area contributed by atoms with Crippen LogP contribution in [0, 0.1) is 0 Å². The minimum atomic E-state index is -0.0750. The normalized spacial score (nSPS) is 11.6. The average molecular weight is 471 g/mol. The molecule has 0 aliphatic heterocycles. The molecule has 180 valence electrons. The molecule has 0 aliphatic carbocycles. The molecule has 0 bridgehead atoms. The van der Waals surface area contributed by atoms with Crippen molar-refractivity contribution in [2.75, 3.05) is 38.9 Å². The van der Waals surface area contributed by atoms with Crippen LogP contribution in [0.3, 0.4) is 0 Å². The van der Waals surface area contributed by atoms with Gasteiger partial charge in [0.25, 0.3) is 5.91 Å². The first-order valence-corrected chi connectivity index (χ1v) is 11.9. The van der Waals surface area contributed by atoms with Gasteiger partial charge in [-0.1, -0.05) is 18.2 Å². The molecule has 0 unspecified atom stereocenters. The lowest BCUT2D eigenvalue weighted by Gasteiger charge is -2.23. The number of methoxy groups -OCH3 is 2. The van der Waals surface area contributed by atoms with Crippen LogP contribution < -0.4 is 4.90 Å². The average Bonchev–Trinajstić information content (AvgIpc) is 3.45. The molecular weight excluding hydrogens is 440 g/mol. The lowest BCUT2D eigenvalue weighted by molar-refractivity contribution is 0.0976. The Kier molecular flexibility index (Phi) is 6.53. The highest BCUT2D eigenvalue weighted by molar-refractivity contribution is 6.12. The number of hydrogen-bond acceptors (Lipinski definition) is 4. The summed E-state index contributed by atoms with van der Waals surface area (Å²) in [6, 6.07) is 20.4. The predicted octanol–water partition coefficient (Wildman–Crippen LogP) is 5.10. The molecule has 1 amide bonds. The summed E-state index contributed by atoms with van der Waals surface area (Å²) < 4.78 is 14.9. The molecule has 0 N–H and O–H groups in total. The van der Waals surface area contributed by atoms with E-state index in [2.05, 4.69) is 52.9 Å². The first-order chi connectivity index (χ1) is 17.2. The zero-order valence-corrected chi connectivity index (χ0v) is 20.4. The second kappa shape index (κ2) is 9.90. The third kappa shape index (κ3) is 4.17. The topological polar surface area (TPSA) is 61.5 Å². The van der Waals surface area contributed by atoms with Crippen LogP contribution in [0.15, 0.2) is 67.0 Å². The van der Waals surface area contributed by atoms with Crippen molar-refractivity contribution in [1.29, 1.82) is 0 Å². The molecule has 0 spiro atoms. The summed E-state index contributed by atoms with van der Waals surface area (Å²) in [5.74, 6) is -0.0750. The van der Waals surface area contributed by atoms with Crippen molar-refractivity contribution >= 4 is 44.4 Å². The van der Waals surface area contributed by atoms with E-state index in [0.29, 0.717) is 31.9 Å². The van der Waals surface area contributed by atoms with Gasteiger partial charge in [0.1, 0.15) is 0 Å². The number of carbonyl (C=O) groups excluding carboxylic acids is 1. The van der Waals surface area contributed by atoms with Gasteiger partial charge in [-0.2, -0.15) is 0 Å². The molecule has 35 heavy (non-hydrogen) atoms. The van der Waals surface area contributed by atoms with Crippen LogP contribution in [0.5, 0.6) is 0 Å². The summed E-state index contributed by atoms with van der Waals surface area (Å²) >= 11 is 0. The lowest BCUT2D eigenvalue weighted by Crippen LogP contribution is -2.34. The number of anilines is 1. The van der Waals surface area contributed by atoms with E-state index in [-0.39, 0.29) is 5.91 Å². The fraction of sp³-hybridized carbons (Fsp3) is 0.286. The van der Waals surface area contributed by atoms with Gasteiger partial charge in [0.15, 0.2) is 0 Å². The highest BCUT2D eigenvalue weighted by atomic mass is 16.5. The summed E-state index contributed by atoms with van der Waals surface area (Å²) in [5.41, 5.74) is 5.59. The van der Waals surface area contributed by atoms with E-state index in [9.17, 15) is 4.79 Å². The minimum Gasteiger partial charge on any atom is -0.383 e. The van der Waals surface area contributed by atoms with E-state index in [1.54, 1.807) is 25.4 Å². The van der Waals surface area contributed by atoms with Gasteiger partial charge < -0.3 is 23.5 Å². The first kappa shape index (κ1) is 23.1. The van der Waals surface area contributed by atoms with Crippen LogP contribution in [-0.2, 0) is 22.6 Å². The van der Waals surface area contributed by atoms with Crippen LogP contribution in [0.25, 0.3) is 32.8 Å². The van der Waals surface area contributed by atoms with Gasteiger partial charge >= 0.3 is 0 Å². The molecule has 0 saturated carbocycles. The monoisotopic (exact) mass is 470 g/mol. The quantitative estimate of drug-likeness (QED) is 0.301. The maximum absolute atomic E-state index is 13.7. The van der Waals surface area contributed by atoms with E-state index in [4.69, 9.17) is 9.47 Å². The van der Waals surface area contributed by atoms with Gasteiger partial charge in [-0.15, -0.1) is 0 Å². The number of hydrogen-bond donors (Lipinski definition) is 0. The summed E-state index contributed by atoms with van der Waals surface area (Å²) in [4.78, 5) is 20.0. The summed E-state index contributed by atoms with van der Waals surface area (Å²) in [6.45, 7) is 5.25. The number of imidazole rings is 1. The Hall–Kier alpha value is -3.68. The highest BCUT2D eigenvalue weighted by Gasteiger charge is 2.20. The maximum atomic E-state index is 13.7. The Labute approximate surface area is 204 Å². The molecule has 5 rings (SSSR count). The van der Waals surface area contributed by atoms with Crippen LogP contribution in [0.4, 0.5) is 5.69 Å². The van der Waals surface area contributed by atoms with Crippen molar-refractivity contribution in [3.8, 4) is 0 Å². The lowest BCUT2D eigenvalue weighted by atomic mass is 10.1. The number of para-hydroxylation sites is 1. The first-order valence-electron chi connectivity index (χ1n) is 11.9. The van der Waals surface area contributed by atoms with Gasteiger partial charge in [0, 0.05) is 66.9 Å². The van der Waals surface area contributed by atoms with Gasteiger partial charge in [0.05, 0.1) is 30.6 Å². The largest absolute Gasteiger partial charge is 0.383 e. The molecule has 0 radical (unpaired) electrons. The van der Waals surface area contributed by atoms with E-state index in [1.807, 2.05) is 28.8 Å². The third-order valence-electron chi connectivity index (χ3n) is 6.55. The number of fused-ring (bicyclic) bond motifs is 4. The fourth-order valence-electron chi connectivity index (χ4n) is 4.80. The number of rotatable bonds is 9. The molecule has 7 nitrogen and oxygen atoms in total. The molecule has 5 aromatic rings. The summed E-state index contributed by atoms with van der Waals surface area (Å²) in [6.07, 6.45) is 1.79. The van der Waals surface area contributed by atoms with E-state index in [0.717, 1.165) is 28.7 Å². The Morgan fingerprint density at radius 1 is 0.914 bits per heavy atom. The van der Waals surface area contributed by atoms with E-state index in [1.165, 1.54) is 16.4 Å². The molecule has 3 aromatic carbocycles. The van der Waals surface area contributed by atoms with Crippen molar-refractivity contribution in [2.45, 2.75) is 20.0 Å². The Morgan fingerprint density at radius 3 is 2.49 bits per heavy atom. The van der Waals surface area contributed by atoms with Gasteiger partial charge in [-0.25, -0.2) is 4.98 Å². The Bertz CT molecular complexity index is 1500. The second-order valence-corrected chi connectivity index (χ2v) is 8.55. The fourth-order valence-corrected chi connectivity index (χ4v) is 4.80. The second-order valence-electron chi connectivity index (χ2n) is 8.55. The predicted molar refractivity (Wildman–Crippen MR) is 140 cm³/mol. The number of carbonyl (C=O) groups is 1. The van der Waals surface area contributed by atoms with Crippen LogP contribution >= 0.6 is 0 Å².